The molecule has 0 radical (unpaired) electrons. The minimum absolute atomic E-state index is 0.0718. The van der Waals surface area contributed by atoms with E-state index in [1.54, 1.807) is 4.90 Å². The lowest BCUT2D eigenvalue weighted by atomic mass is 10.0. The Hall–Kier alpha value is -1.79. The first kappa shape index (κ1) is 15.1. The smallest absolute Gasteiger partial charge is 0.318 e. The van der Waals surface area contributed by atoms with Crippen molar-refractivity contribution in [2.75, 3.05) is 32.9 Å². The van der Waals surface area contributed by atoms with E-state index in [0.717, 1.165) is 16.9 Å². The summed E-state index contributed by atoms with van der Waals surface area (Å²) in [5, 5.41) is 12.2. The molecule has 6 heteroatoms. The zero-order chi connectivity index (χ0) is 15.7. The molecule has 1 aromatic carbocycles. The molecule has 0 spiro atoms. The first-order valence-corrected chi connectivity index (χ1v) is 7.61. The average Bonchev–Trinajstić information content (AvgIpc) is 2.94. The van der Waals surface area contributed by atoms with E-state index in [1.807, 2.05) is 19.9 Å². The lowest BCUT2D eigenvalue weighted by molar-refractivity contribution is -0.0405. The molecule has 3 rings (SSSR count). The van der Waals surface area contributed by atoms with Crippen LogP contribution in [0.1, 0.15) is 22.7 Å². The van der Waals surface area contributed by atoms with Crippen molar-refractivity contribution in [1.82, 2.24) is 10.2 Å². The molecule has 6 nitrogen and oxygen atoms in total. The van der Waals surface area contributed by atoms with Gasteiger partial charge in [0, 0.05) is 12.1 Å². The van der Waals surface area contributed by atoms with Gasteiger partial charge < -0.3 is 24.8 Å². The molecule has 2 amide bonds. The van der Waals surface area contributed by atoms with E-state index in [9.17, 15) is 4.79 Å². The summed E-state index contributed by atoms with van der Waals surface area (Å²) < 4.78 is 11.1. The highest BCUT2D eigenvalue weighted by molar-refractivity contribution is 5.75. The molecule has 1 aromatic rings. The normalized spacial score (nSPS) is 23.9. The minimum atomic E-state index is -0.295. The summed E-state index contributed by atoms with van der Waals surface area (Å²) in [6, 6.07) is 3.81. The number of aliphatic hydroxyl groups is 1. The number of aliphatic hydroxyl groups excluding tert-OH is 1. The molecule has 0 bridgehead atoms. The topological polar surface area (TPSA) is 71.0 Å². The number of rotatable bonds is 2. The third-order valence-corrected chi connectivity index (χ3v) is 4.40. The molecule has 2 atom stereocenters. The van der Waals surface area contributed by atoms with Gasteiger partial charge in [0.05, 0.1) is 31.9 Å². The number of ether oxygens (including phenoxy) is 2. The van der Waals surface area contributed by atoms with Gasteiger partial charge in [-0.1, -0.05) is 12.1 Å². The maximum Gasteiger partial charge on any atom is 0.318 e. The Morgan fingerprint density at radius 3 is 3.05 bits per heavy atom. The summed E-state index contributed by atoms with van der Waals surface area (Å²) in [7, 11) is 0. The number of hydrogen-bond acceptors (Lipinski definition) is 4. The Bertz CT molecular complexity index is 576. The Kier molecular flexibility index (Phi) is 4.22. The van der Waals surface area contributed by atoms with Crippen LogP contribution in [0, 0.1) is 13.8 Å². The van der Waals surface area contributed by atoms with Crippen LogP contribution in [0.15, 0.2) is 12.1 Å². The monoisotopic (exact) mass is 306 g/mol. The van der Waals surface area contributed by atoms with Crippen LogP contribution >= 0.6 is 0 Å². The van der Waals surface area contributed by atoms with Crippen molar-refractivity contribution in [3.63, 3.8) is 0 Å². The van der Waals surface area contributed by atoms with Gasteiger partial charge in [-0.15, -0.1) is 0 Å². The van der Waals surface area contributed by atoms with Crippen molar-refractivity contribution < 1.29 is 19.4 Å². The van der Waals surface area contributed by atoms with Crippen LogP contribution in [0.3, 0.4) is 0 Å². The number of nitrogens with one attached hydrogen (secondary N) is 1. The molecule has 0 aliphatic carbocycles. The van der Waals surface area contributed by atoms with Crippen LogP contribution in [0.4, 0.5) is 4.79 Å². The summed E-state index contributed by atoms with van der Waals surface area (Å²) in [5.74, 6) is 0.889. The fraction of sp³-hybridized carbons (Fsp3) is 0.562. The Balaban J connectivity index is 1.68. The summed E-state index contributed by atoms with van der Waals surface area (Å²) in [5.41, 5.74) is 3.34. The molecular formula is C16H22N2O4. The van der Waals surface area contributed by atoms with Crippen LogP contribution in [-0.4, -0.2) is 55.1 Å². The van der Waals surface area contributed by atoms with Gasteiger partial charge in [-0.25, -0.2) is 4.79 Å². The molecule has 2 aliphatic rings. The van der Waals surface area contributed by atoms with Gasteiger partial charge in [0.25, 0.3) is 0 Å². The number of urea groups is 1. The van der Waals surface area contributed by atoms with E-state index in [0.29, 0.717) is 26.3 Å². The fourth-order valence-electron chi connectivity index (χ4n) is 2.91. The molecule has 1 fully saturated rings. The standard InChI is InChI=1S/C16H22N2O4/c1-10-3-4-13-14(9-22-15(13)11(10)2)17-16(20)18-5-6-21-12(7-18)8-19/h3-4,12,14,19H,5-9H2,1-2H3,(H,17,20). The summed E-state index contributed by atoms with van der Waals surface area (Å²) in [4.78, 5) is 14.1. The molecule has 2 heterocycles. The van der Waals surface area contributed by atoms with Crippen LogP contribution in [-0.2, 0) is 4.74 Å². The van der Waals surface area contributed by atoms with E-state index < -0.39 is 0 Å². The lowest BCUT2D eigenvalue weighted by Crippen LogP contribution is -2.51. The third kappa shape index (κ3) is 2.76. The predicted molar refractivity (Wildman–Crippen MR) is 81.1 cm³/mol. The van der Waals surface area contributed by atoms with Crippen molar-refractivity contribution in [3.05, 3.63) is 28.8 Å². The van der Waals surface area contributed by atoms with Crippen molar-refractivity contribution in [3.8, 4) is 5.75 Å². The first-order valence-electron chi connectivity index (χ1n) is 7.61. The van der Waals surface area contributed by atoms with Gasteiger partial charge >= 0.3 is 6.03 Å². The van der Waals surface area contributed by atoms with Gasteiger partial charge in [0.2, 0.25) is 0 Å². The number of fused-ring (bicyclic) bond motifs is 1. The highest BCUT2D eigenvalue weighted by Crippen LogP contribution is 2.36. The second kappa shape index (κ2) is 6.14. The van der Waals surface area contributed by atoms with Gasteiger partial charge in [-0.2, -0.15) is 0 Å². The Labute approximate surface area is 130 Å². The van der Waals surface area contributed by atoms with E-state index in [4.69, 9.17) is 14.6 Å². The van der Waals surface area contributed by atoms with Crippen LogP contribution in [0.25, 0.3) is 0 Å². The first-order chi connectivity index (χ1) is 10.6. The van der Waals surface area contributed by atoms with Crippen molar-refractivity contribution in [2.24, 2.45) is 0 Å². The van der Waals surface area contributed by atoms with Gasteiger partial charge in [-0.05, 0) is 25.0 Å². The summed E-state index contributed by atoms with van der Waals surface area (Å²) in [6.45, 7) is 5.87. The zero-order valence-electron chi connectivity index (χ0n) is 13.0. The van der Waals surface area contributed by atoms with E-state index in [2.05, 4.69) is 11.4 Å². The quantitative estimate of drug-likeness (QED) is 0.859. The highest BCUT2D eigenvalue weighted by Gasteiger charge is 2.30. The molecule has 2 unspecified atom stereocenters. The van der Waals surface area contributed by atoms with Crippen molar-refractivity contribution >= 4 is 6.03 Å². The van der Waals surface area contributed by atoms with E-state index in [1.165, 1.54) is 5.56 Å². The van der Waals surface area contributed by atoms with Gasteiger partial charge in [0.15, 0.2) is 0 Å². The minimum Gasteiger partial charge on any atom is -0.490 e. The number of benzene rings is 1. The molecule has 0 aromatic heterocycles. The third-order valence-electron chi connectivity index (χ3n) is 4.40. The maximum absolute atomic E-state index is 12.4. The number of carbonyl (C=O) groups excluding carboxylic acids is 1. The molecule has 2 N–H and O–H groups in total. The fourth-order valence-corrected chi connectivity index (χ4v) is 2.91. The van der Waals surface area contributed by atoms with Crippen molar-refractivity contribution in [1.29, 1.82) is 0 Å². The highest BCUT2D eigenvalue weighted by atomic mass is 16.5. The van der Waals surface area contributed by atoms with Crippen LogP contribution < -0.4 is 10.1 Å². The number of morpholine rings is 1. The number of hydrogen-bond donors (Lipinski definition) is 2. The van der Waals surface area contributed by atoms with Crippen LogP contribution in [0.2, 0.25) is 0 Å². The SMILES string of the molecule is Cc1ccc2c(c1C)OCC2NC(=O)N1CCOC(CO)C1. The second-order valence-corrected chi connectivity index (χ2v) is 5.86. The lowest BCUT2D eigenvalue weighted by Gasteiger charge is -2.32. The number of nitrogens with zero attached hydrogens (tertiary/aromatic N) is 1. The Morgan fingerprint density at radius 1 is 1.45 bits per heavy atom. The number of carbonyl (C=O) groups is 1. The molecule has 22 heavy (non-hydrogen) atoms. The van der Waals surface area contributed by atoms with Crippen LogP contribution in [0.5, 0.6) is 5.75 Å². The number of aryl methyl sites for hydroxylation is 1. The predicted octanol–water partition coefficient (Wildman–Crippen LogP) is 1.14. The van der Waals surface area contributed by atoms with Crippen molar-refractivity contribution in [2.45, 2.75) is 26.0 Å². The molecule has 1 saturated heterocycles. The van der Waals surface area contributed by atoms with Gasteiger partial charge in [0.1, 0.15) is 12.4 Å². The molecule has 0 saturated carbocycles. The largest absolute Gasteiger partial charge is 0.490 e. The second-order valence-electron chi connectivity index (χ2n) is 5.86. The maximum atomic E-state index is 12.4. The summed E-state index contributed by atoms with van der Waals surface area (Å²) >= 11 is 0. The zero-order valence-corrected chi connectivity index (χ0v) is 13.0. The Morgan fingerprint density at radius 2 is 2.27 bits per heavy atom. The molecule has 2 aliphatic heterocycles. The number of amides is 2. The van der Waals surface area contributed by atoms with Gasteiger partial charge in [-0.3, -0.25) is 0 Å². The summed E-state index contributed by atoms with van der Waals surface area (Å²) in [6.07, 6.45) is -0.295. The molecule has 120 valence electrons. The average molecular weight is 306 g/mol. The molecular weight excluding hydrogens is 284 g/mol. The van der Waals surface area contributed by atoms with E-state index >= 15 is 0 Å². The van der Waals surface area contributed by atoms with E-state index in [-0.39, 0.29) is 24.8 Å².